The van der Waals surface area contributed by atoms with Crippen LogP contribution in [0.3, 0.4) is 0 Å². The standard InChI is InChI=1S/C20H26N2O5S/c1-5-27-17-11-10-15(12-18(17)26-3)13-22(2)14-20(23)21-16-8-6-7-9-19(16)28(4,24)25/h6-12H,5,13-14H2,1-4H3,(H,21,23). The van der Waals surface area contributed by atoms with Crippen molar-refractivity contribution < 1.29 is 22.7 Å². The lowest BCUT2D eigenvalue weighted by Gasteiger charge is -2.18. The fraction of sp³-hybridized carbons (Fsp3) is 0.350. The minimum absolute atomic E-state index is 0.0993. The average Bonchev–Trinajstić information content (AvgIpc) is 2.62. The molecule has 0 radical (unpaired) electrons. The largest absolute Gasteiger partial charge is 0.493 e. The quantitative estimate of drug-likeness (QED) is 0.689. The van der Waals surface area contributed by atoms with Crippen LogP contribution in [-0.4, -0.2) is 52.8 Å². The van der Waals surface area contributed by atoms with Crippen molar-refractivity contribution in [1.29, 1.82) is 0 Å². The van der Waals surface area contributed by atoms with Crippen molar-refractivity contribution >= 4 is 21.4 Å². The molecule has 0 aliphatic carbocycles. The number of anilines is 1. The predicted molar refractivity (Wildman–Crippen MR) is 109 cm³/mol. The van der Waals surface area contributed by atoms with Gasteiger partial charge in [0.15, 0.2) is 21.3 Å². The van der Waals surface area contributed by atoms with Gasteiger partial charge in [0, 0.05) is 12.8 Å². The number of para-hydroxylation sites is 1. The predicted octanol–water partition coefficient (Wildman–Crippen LogP) is 2.57. The molecule has 1 amide bonds. The Morgan fingerprint density at radius 1 is 1.14 bits per heavy atom. The van der Waals surface area contributed by atoms with Gasteiger partial charge in [-0.3, -0.25) is 9.69 Å². The first-order valence-electron chi connectivity index (χ1n) is 8.81. The van der Waals surface area contributed by atoms with Crippen molar-refractivity contribution in [2.24, 2.45) is 0 Å². The first kappa shape index (κ1) is 21.7. The highest BCUT2D eigenvalue weighted by atomic mass is 32.2. The first-order chi connectivity index (χ1) is 13.2. The normalized spacial score (nSPS) is 11.3. The zero-order valence-electron chi connectivity index (χ0n) is 16.6. The Morgan fingerprint density at radius 3 is 2.50 bits per heavy atom. The number of rotatable bonds is 9. The van der Waals surface area contributed by atoms with E-state index in [9.17, 15) is 13.2 Å². The van der Waals surface area contributed by atoms with Crippen LogP contribution >= 0.6 is 0 Å². The summed E-state index contributed by atoms with van der Waals surface area (Å²) in [5.41, 5.74) is 1.25. The average molecular weight is 407 g/mol. The molecule has 0 aliphatic heterocycles. The maximum atomic E-state index is 12.4. The monoisotopic (exact) mass is 406 g/mol. The lowest BCUT2D eigenvalue weighted by molar-refractivity contribution is -0.117. The van der Waals surface area contributed by atoms with Crippen LogP contribution in [0.4, 0.5) is 5.69 Å². The van der Waals surface area contributed by atoms with E-state index in [0.717, 1.165) is 11.8 Å². The summed E-state index contributed by atoms with van der Waals surface area (Å²) < 4.78 is 34.5. The Hall–Kier alpha value is -2.58. The Bertz CT molecular complexity index is 928. The third-order valence-corrected chi connectivity index (χ3v) is 5.11. The highest BCUT2D eigenvalue weighted by Gasteiger charge is 2.16. The number of nitrogens with one attached hydrogen (secondary N) is 1. The van der Waals surface area contributed by atoms with E-state index in [-0.39, 0.29) is 23.0 Å². The molecule has 0 aromatic heterocycles. The maximum Gasteiger partial charge on any atom is 0.238 e. The molecule has 0 spiro atoms. The van der Waals surface area contributed by atoms with Crippen molar-refractivity contribution in [3.63, 3.8) is 0 Å². The molecule has 0 saturated heterocycles. The van der Waals surface area contributed by atoms with Gasteiger partial charge >= 0.3 is 0 Å². The Morgan fingerprint density at radius 2 is 1.86 bits per heavy atom. The number of hydrogen-bond acceptors (Lipinski definition) is 6. The lowest BCUT2D eigenvalue weighted by atomic mass is 10.2. The van der Waals surface area contributed by atoms with Crippen molar-refractivity contribution in [2.75, 3.05) is 38.9 Å². The van der Waals surface area contributed by atoms with E-state index in [4.69, 9.17) is 9.47 Å². The summed E-state index contributed by atoms with van der Waals surface area (Å²) in [6.45, 7) is 3.07. The molecule has 0 heterocycles. The minimum Gasteiger partial charge on any atom is -0.493 e. The second kappa shape index (κ2) is 9.57. The molecular weight excluding hydrogens is 380 g/mol. The van der Waals surface area contributed by atoms with Crippen molar-refractivity contribution in [2.45, 2.75) is 18.4 Å². The van der Waals surface area contributed by atoms with Crippen LogP contribution in [-0.2, 0) is 21.2 Å². The molecule has 0 aliphatic rings. The highest BCUT2D eigenvalue weighted by Crippen LogP contribution is 2.28. The van der Waals surface area contributed by atoms with Gasteiger partial charge in [-0.2, -0.15) is 0 Å². The van der Waals surface area contributed by atoms with E-state index in [1.807, 2.05) is 37.1 Å². The Balaban J connectivity index is 2.02. The molecule has 0 bridgehead atoms. The number of nitrogens with zero attached hydrogens (tertiary/aromatic N) is 1. The molecule has 2 aromatic rings. The second-order valence-electron chi connectivity index (χ2n) is 6.41. The first-order valence-corrected chi connectivity index (χ1v) is 10.7. The van der Waals surface area contributed by atoms with Gasteiger partial charge in [-0.15, -0.1) is 0 Å². The van der Waals surface area contributed by atoms with E-state index in [1.54, 1.807) is 25.3 Å². The molecule has 152 valence electrons. The van der Waals surface area contributed by atoms with Gasteiger partial charge in [0.1, 0.15) is 0 Å². The van der Waals surface area contributed by atoms with Crippen LogP contribution < -0.4 is 14.8 Å². The topological polar surface area (TPSA) is 84.9 Å². The van der Waals surface area contributed by atoms with Crippen molar-refractivity contribution in [3.8, 4) is 11.5 Å². The molecule has 2 aromatic carbocycles. The fourth-order valence-electron chi connectivity index (χ4n) is 2.78. The summed E-state index contributed by atoms with van der Waals surface area (Å²) in [5.74, 6) is 1.02. The van der Waals surface area contributed by atoms with Crippen LogP contribution in [0.5, 0.6) is 11.5 Å². The van der Waals surface area contributed by atoms with E-state index in [0.29, 0.717) is 24.7 Å². The number of benzene rings is 2. The van der Waals surface area contributed by atoms with E-state index in [1.165, 1.54) is 6.07 Å². The third kappa shape index (κ3) is 5.97. The van der Waals surface area contributed by atoms with Crippen LogP contribution in [0, 0.1) is 0 Å². The molecule has 0 saturated carbocycles. The molecule has 7 nitrogen and oxygen atoms in total. The van der Waals surface area contributed by atoms with E-state index < -0.39 is 9.84 Å². The summed E-state index contributed by atoms with van der Waals surface area (Å²) in [6, 6.07) is 12.0. The molecule has 1 N–H and O–H groups in total. The molecule has 2 rings (SSSR count). The molecular formula is C20H26N2O5S. The lowest BCUT2D eigenvalue weighted by Crippen LogP contribution is -2.30. The second-order valence-corrected chi connectivity index (χ2v) is 8.39. The number of hydrogen-bond donors (Lipinski definition) is 1. The van der Waals surface area contributed by atoms with Gasteiger partial charge in [0.25, 0.3) is 0 Å². The SMILES string of the molecule is CCOc1ccc(CN(C)CC(=O)Nc2ccccc2S(C)(=O)=O)cc1OC. The number of ether oxygens (including phenoxy) is 2. The summed E-state index contributed by atoms with van der Waals surface area (Å²) in [4.78, 5) is 14.3. The smallest absolute Gasteiger partial charge is 0.238 e. The van der Waals surface area contributed by atoms with Gasteiger partial charge in [0.05, 0.1) is 30.8 Å². The van der Waals surface area contributed by atoms with Crippen LogP contribution in [0.15, 0.2) is 47.4 Å². The summed E-state index contributed by atoms with van der Waals surface area (Å²) in [6.07, 6.45) is 1.11. The number of carbonyl (C=O) groups is 1. The van der Waals surface area contributed by atoms with E-state index >= 15 is 0 Å². The van der Waals surface area contributed by atoms with Crippen molar-refractivity contribution in [1.82, 2.24) is 4.90 Å². The van der Waals surface area contributed by atoms with Crippen LogP contribution in [0.1, 0.15) is 12.5 Å². The van der Waals surface area contributed by atoms with Gasteiger partial charge in [-0.1, -0.05) is 18.2 Å². The Labute approximate surface area is 166 Å². The summed E-state index contributed by atoms with van der Waals surface area (Å²) in [7, 11) is -0.0349. The minimum atomic E-state index is -3.43. The van der Waals surface area contributed by atoms with Gasteiger partial charge in [-0.25, -0.2) is 8.42 Å². The van der Waals surface area contributed by atoms with Gasteiger partial charge < -0.3 is 14.8 Å². The fourth-order valence-corrected chi connectivity index (χ4v) is 3.63. The van der Waals surface area contributed by atoms with E-state index in [2.05, 4.69) is 5.32 Å². The van der Waals surface area contributed by atoms with Crippen LogP contribution in [0.25, 0.3) is 0 Å². The molecule has 0 atom stereocenters. The third-order valence-electron chi connectivity index (χ3n) is 3.95. The summed E-state index contributed by atoms with van der Waals surface area (Å²) in [5, 5.41) is 2.68. The molecule has 8 heteroatoms. The van der Waals surface area contributed by atoms with Gasteiger partial charge in [0.2, 0.25) is 5.91 Å². The van der Waals surface area contributed by atoms with Crippen LogP contribution in [0.2, 0.25) is 0 Å². The number of methoxy groups -OCH3 is 1. The molecule has 0 unspecified atom stereocenters. The zero-order valence-corrected chi connectivity index (χ0v) is 17.4. The summed E-state index contributed by atoms with van der Waals surface area (Å²) >= 11 is 0. The number of sulfone groups is 1. The maximum absolute atomic E-state index is 12.4. The number of carbonyl (C=O) groups excluding carboxylic acids is 1. The zero-order chi connectivity index (χ0) is 20.7. The Kier molecular flexibility index (Phi) is 7.42. The van der Waals surface area contributed by atoms with Gasteiger partial charge in [-0.05, 0) is 43.8 Å². The van der Waals surface area contributed by atoms with Crippen molar-refractivity contribution in [3.05, 3.63) is 48.0 Å². The highest BCUT2D eigenvalue weighted by molar-refractivity contribution is 7.90. The number of amides is 1. The number of likely N-dealkylation sites (N-methyl/N-ethyl adjacent to an activating group) is 1. The molecule has 0 fully saturated rings. The molecule has 28 heavy (non-hydrogen) atoms.